The topological polar surface area (TPSA) is 106 Å². The lowest BCUT2D eigenvalue weighted by molar-refractivity contribution is 0.600. The van der Waals surface area contributed by atoms with Crippen LogP contribution in [0.1, 0.15) is 0 Å². The lowest BCUT2D eigenvalue weighted by Crippen LogP contribution is -2.81. The number of fused-ring (bicyclic) bond motifs is 12. The Morgan fingerprint density at radius 3 is 0.602 bits per heavy atom. The third-order valence-electron chi connectivity index (χ3n) is 20.4. The van der Waals surface area contributed by atoms with Crippen molar-refractivity contribution in [1.82, 2.24) is 48.2 Å². The summed E-state index contributed by atoms with van der Waals surface area (Å²) in [5, 5.41) is 15.1. The molecule has 484 valence electrons. The fourth-order valence-electron chi connectivity index (χ4n) is 15.9. The lowest BCUT2D eigenvalue weighted by atomic mass is 10.2. The molecule has 0 fully saturated rings. The normalized spacial score (nSPS) is 12.1. The smallest absolute Gasteiger partial charge is 0.278 e. The number of benzene rings is 14. The largest absolute Gasteiger partial charge is 0.435 e. The summed E-state index contributed by atoms with van der Waals surface area (Å²) in [5.41, 5.74) is 9.54. The molecule has 0 aliphatic carbocycles. The molecule has 0 bridgehead atoms. The van der Waals surface area contributed by atoms with E-state index in [1.54, 1.807) is 0 Å². The van der Waals surface area contributed by atoms with Crippen LogP contribution in [0.5, 0.6) is 0 Å². The van der Waals surface area contributed by atoms with E-state index >= 15 is 0 Å². The van der Waals surface area contributed by atoms with Gasteiger partial charge in [-0.2, -0.15) is 29.9 Å². The van der Waals surface area contributed by atoms with E-state index in [0.29, 0.717) is 35.4 Å². The highest BCUT2D eigenvalue weighted by atomic mass is 28.4. The zero-order valence-corrected chi connectivity index (χ0v) is 57.5. The van der Waals surface area contributed by atoms with Crippen molar-refractivity contribution < 1.29 is 4.12 Å². The fraction of sp³-hybridized carbons (Fsp3) is 0. The number of hydrogen-bond acceptors (Lipinski definition) is 7. The van der Waals surface area contributed by atoms with E-state index in [4.69, 9.17) is 29.9 Å². The molecule has 103 heavy (non-hydrogen) atoms. The highest BCUT2D eigenvalue weighted by Gasteiger charge is 2.53. The van der Waals surface area contributed by atoms with E-state index in [2.05, 4.69) is 382 Å². The van der Waals surface area contributed by atoms with Crippen molar-refractivity contribution in [1.29, 1.82) is 0 Å². The summed E-state index contributed by atoms with van der Waals surface area (Å²) in [6.45, 7) is 0. The van der Waals surface area contributed by atoms with Crippen LogP contribution in [-0.2, 0) is 4.12 Å². The highest BCUT2D eigenvalue weighted by Crippen LogP contribution is 2.38. The predicted octanol–water partition coefficient (Wildman–Crippen LogP) is 16.4. The van der Waals surface area contributed by atoms with Crippen LogP contribution in [0.3, 0.4) is 0 Å². The Hall–Kier alpha value is -13.3. The van der Waals surface area contributed by atoms with Gasteiger partial charge in [0.15, 0.2) is 11.6 Å². The van der Waals surface area contributed by atoms with Crippen LogP contribution in [0.2, 0.25) is 0 Å². The average Bonchev–Trinajstić information content (AvgIpc) is 1.47. The van der Waals surface area contributed by atoms with Gasteiger partial charge >= 0.3 is 0 Å². The molecule has 0 aliphatic rings. The molecule has 6 aromatic heterocycles. The molecule has 0 saturated carbocycles. The standard InChI is InChI=1S/C90H60N10OSi2/c1-5-33-63(34-6-1)102(64-35-7-2-8-36-64,67-41-29-31-61(59-67)85-91-87(97-77-51-21-13-43-69(77)70-44-14-22-52-78(70)97)95-88(92-85)98-79-53-23-15-45-71(79)72-46-16-24-54-80(72)98)101-103(65-37-9-3-10-38-65,66-39-11-4-12-40-66)68-42-30-32-62(60-68)86-93-89(99-81-55-25-17-47-73(81)74-48-18-26-56-82(74)99)96-90(94-86)100-83-57-27-19-49-75(83)76-50-20-28-58-84(76)100/h1-60H. The summed E-state index contributed by atoms with van der Waals surface area (Å²) in [7, 11) is -7.82. The van der Waals surface area contributed by atoms with Gasteiger partial charge in [-0.3, -0.25) is 18.3 Å². The number of para-hydroxylation sites is 8. The number of rotatable bonds is 14. The van der Waals surface area contributed by atoms with Crippen LogP contribution in [0, 0.1) is 0 Å². The quantitative estimate of drug-likeness (QED) is 0.0788. The van der Waals surface area contributed by atoms with Crippen molar-refractivity contribution in [2.75, 3.05) is 0 Å². The van der Waals surface area contributed by atoms with Gasteiger partial charge in [-0.15, -0.1) is 0 Å². The van der Waals surface area contributed by atoms with Gasteiger partial charge in [0.25, 0.3) is 16.6 Å². The first-order chi connectivity index (χ1) is 51.1. The molecule has 0 atom stereocenters. The third-order valence-corrected chi connectivity index (χ3v) is 29.7. The molecule has 0 spiro atoms. The summed E-state index contributed by atoms with van der Waals surface area (Å²) in [4.78, 5) is 33.6. The second-order valence-electron chi connectivity index (χ2n) is 26.1. The maximum Gasteiger partial charge on any atom is 0.278 e. The van der Waals surface area contributed by atoms with Gasteiger partial charge in [0, 0.05) is 54.2 Å². The van der Waals surface area contributed by atoms with Gasteiger partial charge < -0.3 is 4.12 Å². The zero-order valence-electron chi connectivity index (χ0n) is 55.5. The Morgan fingerprint density at radius 2 is 0.379 bits per heavy atom. The van der Waals surface area contributed by atoms with Gasteiger partial charge in [0.05, 0.1) is 44.1 Å². The van der Waals surface area contributed by atoms with Crippen LogP contribution < -0.4 is 31.1 Å². The van der Waals surface area contributed by atoms with Crippen molar-refractivity contribution in [3.8, 4) is 46.6 Å². The molecule has 0 unspecified atom stereocenters. The third kappa shape index (κ3) is 9.51. The predicted molar refractivity (Wildman–Crippen MR) is 424 cm³/mol. The van der Waals surface area contributed by atoms with E-state index < -0.39 is 16.6 Å². The molecule has 20 rings (SSSR count). The summed E-state index contributed by atoms with van der Waals surface area (Å²) in [6.07, 6.45) is 0. The van der Waals surface area contributed by atoms with Gasteiger partial charge in [0.2, 0.25) is 23.8 Å². The Labute approximate surface area is 594 Å². The van der Waals surface area contributed by atoms with Crippen LogP contribution >= 0.6 is 0 Å². The Balaban J connectivity index is 0.839. The zero-order chi connectivity index (χ0) is 68.0. The van der Waals surface area contributed by atoms with Crippen LogP contribution in [0.15, 0.2) is 364 Å². The Morgan fingerprint density at radius 1 is 0.184 bits per heavy atom. The van der Waals surface area contributed by atoms with Gasteiger partial charge in [-0.1, -0.05) is 303 Å². The first kappa shape index (κ1) is 59.7. The van der Waals surface area contributed by atoms with E-state index in [1.807, 2.05) is 0 Å². The Kier molecular flexibility index (Phi) is 14.1. The maximum atomic E-state index is 9.20. The minimum Gasteiger partial charge on any atom is -0.435 e. The van der Waals surface area contributed by atoms with Crippen LogP contribution in [-0.4, -0.2) is 64.8 Å². The molecule has 11 nitrogen and oxygen atoms in total. The highest BCUT2D eigenvalue weighted by molar-refractivity contribution is 7.18. The van der Waals surface area contributed by atoms with E-state index in [0.717, 1.165) is 129 Å². The van der Waals surface area contributed by atoms with E-state index in [1.165, 1.54) is 0 Å². The van der Waals surface area contributed by atoms with E-state index in [9.17, 15) is 4.12 Å². The molecule has 6 heterocycles. The molecule has 0 saturated heterocycles. The molecular weight excluding hydrogens is 1290 g/mol. The molecule has 0 aliphatic heterocycles. The summed E-state index contributed by atoms with van der Waals surface area (Å²) in [5.74, 6) is 3.01. The van der Waals surface area contributed by atoms with Gasteiger partial charge in [-0.05, 0) is 91.8 Å². The molecule has 20 aromatic rings. The SMILES string of the molecule is c1ccc([Si](O[Si](c2ccccc2)(c2ccccc2)c2cccc(-c3nc(-n4c5ccccc5c5ccccc54)nc(-n4c5ccccc5c5ccccc54)n3)c2)(c2ccccc2)c2cccc(-c3nc(-n4c5ccccc5c5ccccc54)nc(-n4c5ccccc5c5ccccc54)n3)c2)cc1. The summed E-state index contributed by atoms with van der Waals surface area (Å²) in [6, 6.07) is 129. The first-order valence-corrected chi connectivity index (χ1v) is 38.5. The molecule has 13 heteroatoms. The van der Waals surface area contributed by atoms with Crippen molar-refractivity contribution in [3.63, 3.8) is 0 Å². The van der Waals surface area contributed by atoms with Crippen LogP contribution in [0.4, 0.5) is 0 Å². The monoisotopic (exact) mass is 1350 g/mol. The second kappa shape index (κ2) is 24.3. The molecule has 0 amide bonds. The van der Waals surface area contributed by atoms with Crippen molar-refractivity contribution in [2.24, 2.45) is 0 Å². The number of nitrogens with zero attached hydrogens (tertiary/aromatic N) is 10. The second-order valence-corrected chi connectivity index (χ2v) is 33.1. The number of aromatic nitrogens is 10. The Bertz CT molecular complexity index is 5730. The fourth-order valence-corrected chi connectivity index (χ4v) is 26.6. The molecule has 0 radical (unpaired) electrons. The van der Waals surface area contributed by atoms with Crippen molar-refractivity contribution in [2.45, 2.75) is 0 Å². The van der Waals surface area contributed by atoms with Gasteiger partial charge in [-0.25, -0.2) is 0 Å². The van der Waals surface area contributed by atoms with Gasteiger partial charge in [0.1, 0.15) is 0 Å². The number of hydrogen-bond donors (Lipinski definition) is 0. The van der Waals surface area contributed by atoms with E-state index in [-0.39, 0.29) is 0 Å². The minimum absolute atomic E-state index is 0.498. The van der Waals surface area contributed by atoms with Crippen molar-refractivity contribution in [3.05, 3.63) is 364 Å². The first-order valence-electron chi connectivity index (χ1n) is 34.7. The van der Waals surface area contributed by atoms with Crippen molar-refractivity contribution >= 4 is 135 Å². The average molecular weight is 1350 g/mol. The minimum atomic E-state index is -3.91. The maximum absolute atomic E-state index is 9.20. The summed E-state index contributed by atoms with van der Waals surface area (Å²) < 4.78 is 18.0. The molecular formula is C90H60N10OSi2. The summed E-state index contributed by atoms with van der Waals surface area (Å²) >= 11 is 0. The lowest BCUT2D eigenvalue weighted by Gasteiger charge is -2.44. The van der Waals surface area contributed by atoms with Crippen LogP contribution in [0.25, 0.3) is 134 Å². The molecule has 14 aromatic carbocycles. The molecule has 0 N–H and O–H groups in total.